The van der Waals surface area contributed by atoms with Crippen LogP contribution in [0.25, 0.3) is 0 Å². The maximum Gasteiger partial charge on any atom is 0.254 e. The van der Waals surface area contributed by atoms with Gasteiger partial charge in [0.2, 0.25) is 0 Å². The summed E-state index contributed by atoms with van der Waals surface area (Å²) in [5.41, 5.74) is 5.34. The van der Waals surface area contributed by atoms with Gasteiger partial charge in [0.1, 0.15) is 0 Å². The standard InChI is InChI=1S/C20H26N2O/c1-6-22(14-17-10-12-18(13-11-17)21(4)5)20(23)19-9-7-8-15(2)16(19)3/h7-13H,6,14H2,1-5H3. The van der Waals surface area contributed by atoms with Crippen LogP contribution >= 0.6 is 0 Å². The van der Waals surface area contributed by atoms with E-state index in [-0.39, 0.29) is 5.91 Å². The maximum absolute atomic E-state index is 12.8. The van der Waals surface area contributed by atoms with Gasteiger partial charge >= 0.3 is 0 Å². The van der Waals surface area contributed by atoms with E-state index in [2.05, 4.69) is 29.2 Å². The maximum atomic E-state index is 12.8. The minimum atomic E-state index is 0.102. The van der Waals surface area contributed by atoms with Crippen molar-refractivity contribution in [1.29, 1.82) is 0 Å². The number of amides is 1. The first-order valence-electron chi connectivity index (χ1n) is 8.05. The van der Waals surface area contributed by atoms with Crippen molar-refractivity contribution in [2.75, 3.05) is 25.5 Å². The molecule has 0 atom stereocenters. The van der Waals surface area contributed by atoms with Crippen LogP contribution in [0.5, 0.6) is 0 Å². The van der Waals surface area contributed by atoms with Crippen LogP contribution in [0.2, 0.25) is 0 Å². The number of carbonyl (C=O) groups is 1. The molecule has 0 N–H and O–H groups in total. The number of rotatable bonds is 5. The summed E-state index contributed by atoms with van der Waals surface area (Å²) in [6.07, 6.45) is 0. The van der Waals surface area contributed by atoms with Gasteiger partial charge in [0.25, 0.3) is 5.91 Å². The van der Waals surface area contributed by atoms with Gasteiger partial charge in [-0.2, -0.15) is 0 Å². The Kier molecular flexibility index (Phi) is 5.43. The molecular weight excluding hydrogens is 284 g/mol. The third kappa shape index (κ3) is 3.92. The molecule has 0 bridgehead atoms. The van der Waals surface area contributed by atoms with Gasteiger partial charge in [-0.25, -0.2) is 0 Å². The van der Waals surface area contributed by atoms with Gasteiger partial charge in [-0.3, -0.25) is 4.79 Å². The lowest BCUT2D eigenvalue weighted by atomic mass is 10.0. The van der Waals surface area contributed by atoms with Crippen molar-refractivity contribution >= 4 is 11.6 Å². The molecule has 0 heterocycles. The quantitative estimate of drug-likeness (QED) is 0.832. The second kappa shape index (κ2) is 7.32. The largest absolute Gasteiger partial charge is 0.378 e. The van der Waals surface area contributed by atoms with Crippen molar-refractivity contribution in [2.24, 2.45) is 0 Å². The zero-order valence-electron chi connectivity index (χ0n) is 14.8. The fraction of sp³-hybridized carbons (Fsp3) is 0.350. The van der Waals surface area contributed by atoms with E-state index in [0.29, 0.717) is 13.1 Å². The minimum Gasteiger partial charge on any atom is -0.378 e. The number of benzene rings is 2. The van der Waals surface area contributed by atoms with Gasteiger partial charge in [0.05, 0.1) is 0 Å². The van der Waals surface area contributed by atoms with Crippen LogP contribution in [0, 0.1) is 13.8 Å². The van der Waals surface area contributed by atoms with Crippen LogP contribution in [0.4, 0.5) is 5.69 Å². The van der Waals surface area contributed by atoms with Gasteiger partial charge < -0.3 is 9.80 Å². The van der Waals surface area contributed by atoms with E-state index in [1.54, 1.807) is 0 Å². The molecular formula is C20H26N2O. The number of carbonyl (C=O) groups excluding carboxylic acids is 1. The first-order chi connectivity index (χ1) is 10.9. The molecule has 0 fully saturated rings. The molecule has 0 aliphatic carbocycles. The molecule has 0 saturated heterocycles. The molecule has 0 unspecified atom stereocenters. The highest BCUT2D eigenvalue weighted by Gasteiger charge is 2.17. The van der Waals surface area contributed by atoms with Crippen molar-refractivity contribution in [3.05, 3.63) is 64.7 Å². The summed E-state index contributed by atoms with van der Waals surface area (Å²) in [7, 11) is 4.05. The number of hydrogen-bond donors (Lipinski definition) is 0. The molecule has 3 heteroatoms. The van der Waals surface area contributed by atoms with E-state index in [1.807, 2.05) is 58.0 Å². The minimum absolute atomic E-state index is 0.102. The molecule has 122 valence electrons. The lowest BCUT2D eigenvalue weighted by Crippen LogP contribution is -2.31. The number of hydrogen-bond acceptors (Lipinski definition) is 2. The third-order valence-corrected chi connectivity index (χ3v) is 4.33. The van der Waals surface area contributed by atoms with E-state index in [4.69, 9.17) is 0 Å². The third-order valence-electron chi connectivity index (χ3n) is 4.33. The van der Waals surface area contributed by atoms with Crippen LogP contribution in [0.15, 0.2) is 42.5 Å². The predicted octanol–water partition coefficient (Wildman–Crippen LogP) is 4.03. The molecule has 0 aliphatic heterocycles. The van der Waals surface area contributed by atoms with Crippen LogP contribution in [0.1, 0.15) is 34.0 Å². The van der Waals surface area contributed by atoms with Crippen LogP contribution < -0.4 is 4.90 Å². The molecule has 3 nitrogen and oxygen atoms in total. The summed E-state index contributed by atoms with van der Waals surface area (Å²) >= 11 is 0. The lowest BCUT2D eigenvalue weighted by molar-refractivity contribution is 0.0751. The molecule has 0 saturated carbocycles. The normalized spacial score (nSPS) is 10.5. The molecule has 0 aromatic heterocycles. The van der Waals surface area contributed by atoms with Gasteiger partial charge in [-0.1, -0.05) is 24.3 Å². The first kappa shape index (κ1) is 17.1. The smallest absolute Gasteiger partial charge is 0.254 e. The van der Waals surface area contributed by atoms with Crippen molar-refractivity contribution in [1.82, 2.24) is 4.90 Å². The summed E-state index contributed by atoms with van der Waals surface area (Å²) in [6.45, 7) is 7.42. The molecule has 0 aliphatic rings. The Balaban J connectivity index is 2.19. The van der Waals surface area contributed by atoms with Crippen LogP contribution in [-0.4, -0.2) is 31.4 Å². The molecule has 2 aromatic rings. The topological polar surface area (TPSA) is 23.6 Å². The number of anilines is 1. The summed E-state index contributed by atoms with van der Waals surface area (Å²) in [5, 5.41) is 0. The van der Waals surface area contributed by atoms with E-state index >= 15 is 0 Å². The van der Waals surface area contributed by atoms with Gasteiger partial charge in [0.15, 0.2) is 0 Å². The van der Waals surface area contributed by atoms with Gasteiger partial charge in [0, 0.05) is 38.4 Å². The fourth-order valence-corrected chi connectivity index (χ4v) is 2.60. The molecule has 0 spiro atoms. The van der Waals surface area contributed by atoms with Gasteiger partial charge in [-0.05, 0) is 55.7 Å². The Morgan fingerprint density at radius 3 is 2.22 bits per heavy atom. The highest BCUT2D eigenvalue weighted by atomic mass is 16.2. The Morgan fingerprint density at radius 2 is 1.65 bits per heavy atom. The SMILES string of the molecule is CCN(Cc1ccc(N(C)C)cc1)C(=O)c1cccc(C)c1C. The average molecular weight is 310 g/mol. The van der Waals surface area contributed by atoms with E-state index in [0.717, 1.165) is 27.9 Å². The van der Waals surface area contributed by atoms with E-state index in [9.17, 15) is 4.79 Å². The number of nitrogens with zero attached hydrogens (tertiary/aromatic N) is 2. The lowest BCUT2D eigenvalue weighted by Gasteiger charge is -2.23. The molecule has 1 amide bonds. The van der Waals surface area contributed by atoms with Crippen LogP contribution in [-0.2, 0) is 6.54 Å². The number of aryl methyl sites for hydroxylation is 1. The molecule has 2 rings (SSSR count). The summed E-state index contributed by atoms with van der Waals surface area (Å²) in [4.78, 5) is 16.8. The highest BCUT2D eigenvalue weighted by molar-refractivity contribution is 5.95. The Bertz CT molecular complexity index is 675. The highest BCUT2D eigenvalue weighted by Crippen LogP contribution is 2.18. The van der Waals surface area contributed by atoms with Crippen molar-refractivity contribution < 1.29 is 4.79 Å². The Morgan fingerprint density at radius 1 is 1.00 bits per heavy atom. The molecule has 0 radical (unpaired) electrons. The van der Waals surface area contributed by atoms with Gasteiger partial charge in [-0.15, -0.1) is 0 Å². The average Bonchev–Trinajstić information content (AvgIpc) is 2.55. The van der Waals surface area contributed by atoms with Crippen molar-refractivity contribution in [3.63, 3.8) is 0 Å². The Hall–Kier alpha value is -2.29. The summed E-state index contributed by atoms with van der Waals surface area (Å²) in [6, 6.07) is 14.3. The zero-order valence-corrected chi connectivity index (χ0v) is 14.8. The van der Waals surface area contributed by atoms with Crippen LogP contribution in [0.3, 0.4) is 0 Å². The monoisotopic (exact) mass is 310 g/mol. The predicted molar refractivity (Wildman–Crippen MR) is 97.1 cm³/mol. The van der Waals surface area contributed by atoms with E-state index in [1.165, 1.54) is 0 Å². The fourth-order valence-electron chi connectivity index (χ4n) is 2.60. The van der Waals surface area contributed by atoms with Crippen molar-refractivity contribution in [2.45, 2.75) is 27.3 Å². The molecule has 2 aromatic carbocycles. The first-order valence-corrected chi connectivity index (χ1v) is 8.05. The Labute approximate surface area is 139 Å². The zero-order chi connectivity index (χ0) is 17.0. The second-order valence-electron chi connectivity index (χ2n) is 6.13. The summed E-state index contributed by atoms with van der Waals surface area (Å²) < 4.78 is 0. The van der Waals surface area contributed by atoms with Crippen molar-refractivity contribution in [3.8, 4) is 0 Å². The summed E-state index contributed by atoms with van der Waals surface area (Å²) in [5.74, 6) is 0.102. The molecule has 23 heavy (non-hydrogen) atoms. The second-order valence-corrected chi connectivity index (χ2v) is 6.13. The van der Waals surface area contributed by atoms with E-state index < -0.39 is 0 Å².